The van der Waals surface area contributed by atoms with E-state index in [1.165, 1.54) is 51.4 Å². The summed E-state index contributed by atoms with van der Waals surface area (Å²) in [5.74, 6) is 0. The summed E-state index contributed by atoms with van der Waals surface area (Å²) < 4.78 is 16.6. The summed E-state index contributed by atoms with van der Waals surface area (Å²) in [5.41, 5.74) is 0. The molecule has 1 heterocycles. The fourth-order valence-electron chi connectivity index (χ4n) is 2.96. The molecule has 0 aromatic heterocycles. The van der Waals surface area contributed by atoms with Crippen LogP contribution in [-0.2, 0) is 14.2 Å². The Morgan fingerprint density at radius 3 is 2.28 bits per heavy atom. The highest BCUT2D eigenvalue weighted by Crippen LogP contribution is 2.18. The molecule has 148 valence electrons. The Kier molecular flexibility index (Phi) is 13.7. The molecule has 1 saturated heterocycles. The molecule has 0 aromatic carbocycles. The Morgan fingerprint density at radius 1 is 0.960 bits per heavy atom. The summed E-state index contributed by atoms with van der Waals surface area (Å²) in [4.78, 5) is 11.5. The van der Waals surface area contributed by atoms with Crippen molar-refractivity contribution in [3.8, 4) is 0 Å². The quantitative estimate of drug-likeness (QED) is 0.411. The van der Waals surface area contributed by atoms with E-state index in [0.29, 0.717) is 13.2 Å². The van der Waals surface area contributed by atoms with Crippen molar-refractivity contribution in [2.24, 2.45) is 0 Å². The number of nitrogens with one attached hydrogen (secondary N) is 1. The highest BCUT2D eigenvalue weighted by atomic mass is 16.7. The Balaban J connectivity index is 1.91. The molecule has 1 fully saturated rings. The Hall–Kier alpha value is -0.810. The zero-order valence-corrected chi connectivity index (χ0v) is 16.4. The van der Waals surface area contributed by atoms with Crippen LogP contribution in [0.25, 0.3) is 0 Å². The van der Waals surface area contributed by atoms with E-state index in [0.717, 1.165) is 25.7 Å². The van der Waals surface area contributed by atoms with Crippen LogP contribution in [0, 0.1) is 0 Å². The lowest BCUT2D eigenvalue weighted by Gasteiger charge is -2.12. The second-order valence-electron chi connectivity index (χ2n) is 7.02. The van der Waals surface area contributed by atoms with E-state index in [4.69, 9.17) is 14.2 Å². The van der Waals surface area contributed by atoms with Crippen molar-refractivity contribution in [1.29, 1.82) is 0 Å². The fourth-order valence-corrected chi connectivity index (χ4v) is 2.96. The predicted molar refractivity (Wildman–Crippen MR) is 101 cm³/mol. The largest absolute Gasteiger partial charge is 0.447 e. The van der Waals surface area contributed by atoms with Crippen LogP contribution in [0.4, 0.5) is 4.79 Å². The van der Waals surface area contributed by atoms with Crippen LogP contribution >= 0.6 is 0 Å². The average molecular weight is 358 g/mol. The van der Waals surface area contributed by atoms with Crippen molar-refractivity contribution in [3.63, 3.8) is 0 Å². The van der Waals surface area contributed by atoms with Gasteiger partial charge in [-0.1, -0.05) is 71.6 Å². The van der Waals surface area contributed by atoms with Gasteiger partial charge in [0.05, 0.1) is 6.61 Å². The third-order valence-electron chi connectivity index (χ3n) is 4.56. The monoisotopic (exact) mass is 357 g/mol. The van der Waals surface area contributed by atoms with E-state index in [1.54, 1.807) is 0 Å². The smallest absolute Gasteiger partial charge is 0.407 e. The number of rotatable bonds is 15. The Labute approximate surface area is 154 Å². The van der Waals surface area contributed by atoms with Crippen molar-refractivity contribution < 1.29 is 19.0 Å². The number of carbonyl (C=O) groups excluding carboxylic acids is 1. The van der Waals surface area contributed by atoms with Gasteiger partial charge in [-0.2, -0.15) is 0 Å². The molecule has 5 nitrogen and oxygen atoms in total. The Morgan fingerprint density at radius 2 is 1.60 bits per heavy atom. The van der Waals surface area contributed by atoms with E-state index in [-0.39, 0.29) is 25.1 Å². The number of carbonyl (C=O) groups is 1. The molecule has 2 atom stereocenters. The van der Waals surface area contributed by atoms with E-state index in [1.807, 2.05) is 0 Å². The number of alkyl carbamates (subject to hydrolysis) is 1. The molecule has 0 aliphatic carbocycles. The van der Waals surface area contributed by atoms with Gasteiger partial charge in [0.1, 0.15) is 12.7 Å². The number of hydrogen-bond donors (Lipinski definition) is 1. The summed E-state index contributed by atoms with van der Waals surface area (Å²) in [6, 6.07) is 0. The summed E-state index contributed by atoms with van der Waals surface area (Å²) in [7, 11) is 0. The molecule has 0 bridgehead atoms. The van der Waals surface area contributed by atoms with Crippen LogP contribution in [0.1, 0.15) is 90.9 Å². The molecule has 0 saturated carbocycles. The lowest BCUT2D eigenvalue weighted by Crippen LogP contribution is -2.29. The van der Waals surface area contributed by atoms with Gasteiger partial charge in [0.2, 0.25) is 0 Å². The van der Waals surface area contributed by atoms with Crippen molar-refractivity contribution in [3.05, 3.63) is 0 Å². The highest BCUT2D eigenvalue weighted by Gasteiger charge is 2.26. The number of amides is 1. The number of unbranched alkanes of at least 4 members (excludes halogenated alkanes) is 9. The van der Waals surface area contributed by atoms with Crippen LogP contribution in [0.15, 0.2) is 0 Å². The molecular weight excluding hydrogens is 318 g/mol. The van der Waals surface area contributed by atoms with Crippen molar-refractivity contribution in [2.75, 3.05) is 19.8 Å². The first-order valence-electron chi connectivity index (χ1n) is 10.4. The van der Waals surface area contributed by atoms with Gasteiger partial charge in [0.25, 0.3) is 0 Å². The van der Waals surface area contributed by atoms with Crippen LogP contribution < -0.4 is 5.32 Å². The van der Waals surface area contributed by atoms with Gasteiger partial charge in [-0.25, -0.2) is 4.79 Å². The van der Waals surface area contributed by atoms with E-state index < -0.39 is 0 Å². The fraction of sp³-hybridized carbons (Fsp3) is 0.950. The molecule has 25 heavy (non-hydrogen) atoms. The minimum Gasteiger partial charge on any atom is -0.447 e. The predicted octanol–water partition coefficient (Wildman–Crippen LogP) is 5.18. The molecule has 1 aliphatic heterocycles. The number of hydrogen-bond acceptors (Lipinski definition) is 4. The van der Waals surface area contributed by atoms with Crippen LogP contribution in [-0.4, -0.2) is 38.2 Å². The third-order valence-corrected chi connectivity index (χ3v) is 4.56. The maximum Gasteiger partial charge on any atom is 0.407 e. The lowest BCUT2D eigenvalue weighted by molar-refractivity contribution is -0.0709. The topological polar surface area (TPSA) is 56.8 Å². The average Bonchev–Trinajstić information content (AvgIpc) is 3.06. The molecule has 1 aliphatic rings. The Bertz CT molecular complexity index is 325. The van der Waals surface area contributed by atoms with Gasteiger partial charge in [-0.15, -0.1) is 0 Å². The summed E-state index contributed by atoms with van der Waals surface area (Å²) in [6.45, 7) is 5.80. The molecular formula is C20H39NO4. The van der Waals surface area contributed by atoms with Gasteiger partial charge < -0.3 is 19.5 Å². The zero-order valence-electron chi connectivity index (χ0n) is 16.4. The van der Waals surface area contributed by atoms with Gasteiger partial charge in [0, 0.05) is 6.54 Å². The second kappa shape index (κ2) is 15.4. The first-order chi connectivity index (χ1) is 12.3. The van der Waals surface area contributed by atoms with Gasteiger partial charge in [-0.05, 0) is 19.3 Å². The first kappa shape index (κ1) is 22.2. The van der Waals surface area contributed by atoms with Gasteiger partial charge in [-0.3, -0.25) is 0 Å². The molecule has 0 spiro atoms. The standard InChI is InChI=1S/C20H39NO4/c1-3-5-7-8-9-10-11-12-13-14-19-23-16-18(25-19)17-24-20(22)21-15-6-4-2/h18-19H,3-17H2,1-2H3,(H,21,22). The zero-order chi connectivity index (χ0) is 18.2. The SMILES string of the molecule is CCCCCCCCCCCC1OCC(COC(=O)NCCCC)O1. The lowest BCUT2D eigenvalue weighted by atomic mass is 10.1. The number of ether oxygens (including phenoxy) is 3. The van der Waals surface area contributed by atoms with Crippen LogP contribution in [0.5, 0.6) is 0 Å². The maximum absolute atomic E-state index is 11.5. The molecule has 1 amide bonds. The van der Waals surface area contributed by atoms with Crippen molar-refractivity contribution in [2.45, 2.75) is 103 Å². The van der Waals surface area contributed by atoms with Crippen LogP contribution in [0.2, 0.25) is 0 Å². The van der Waals surface area contributed by atoms with Gasteiger partial charge in [0.15, 0.2) is 6.29 Å². The molecule has 2 unspecified atom stereocenters. The maximum atomic E-state index is 11.5. The molecule has 5 heteroatoms. The molecule has 1 rings (SSSR count). The highest BCUT2D eigenvalue weighted by molar-refractivity contribution is 5.67. The molecule has 0 aromatic rings. The van der Waals surface area contributed by atoms with Crippen molar-refractivity contribution >= 4 is 6.09 Å². The van der Waals surface area contributed by atoms with Crippen LogP contribution in [0.3, 0.4) is 0 Å². The van der Waals surface area contributed by atoms with E-state index >= 15 is 0 Å². The normalized spacial score (nSPS) is 19.9. The second-order valence-corrected chi connectivity index (χ2v) is 7.02. The summed E-state index contributed by atoms with van der Waals surface area (Å²) in [6.07, 6.45) is 14.2. The third kappa shape index (κ3) is 12.2. The molecule has 1 N–H and O–H groups in total. The minimum absolute atomic E-state index is 0.124. The summed E-state index contributed by atoms with van der Waals surface area (Å²) in [5, 5.41) is 2.73. The van der Waals surface area contributed by atoms with Gasteiger partial charge >= 0.3 is 6.09 Å². The van der Waals surface area contributed by atoms with Crippen molar-refractivity contribution in [1.82, 2.24) is 5.32 Å². The molecule has 0 radical (unpaired) electrons. The van der Waals surface area contributed by atoms with E-state index in [9.17, 15) is 4.79 Å². The minimum atomic E-state index is -0.362. The first-order valence-corrected chi connectivity index (χ1v) is 10.4. The van der Waals surface area contributed by atoms with E-state index in [2.05, 4.69) is 19.2 Å². The summed E-state index contributed by atoms with van der Waals surface area (Å²) >= 11 is 0.